The average Bonchev–Trinajstić information content (AvgIpc) is 2.73. The molecular weight excluding hydrogens is 274 g/mol. The molecule has 2 aliphatic carbocycles. The predicted molar refractivity (Wildman–Crippen MR) is 87.7 cm³/mol. The van der Waals surface area contributed by atoms with Gasteiger partial charge in [-0.15, -0.1) is 0 Å². The first-order valence-electron chi connectivity index (χ1n) is 8.06. The Bertz CT molecular complexity index is 676. The van der Waals surface area contributed by atoms with Gasteiger partial charge < -0.3 is 5.32 Å². The number of fused-ring (bicyclic) bond motifs is 2. The van der Waals surface area contributed by atoms with Gasteiger partial charge >= 0.3 is 0 Å². The van der Waals surface area contributed by atoms with Crippen LogP contribution in [0.25, 0.3) is 0 Å². The second-order valence-corrected chi connectivity index (χ2v) is 7.89. The van der Waals surface area contributed by atoms with Gasteiger partial charge in [0, 0.05) is 17.5 Å². The van der Waals surface area contributed by atoms with E-state index in [0.717, 1.165) is 24.1 Å². The highest BCUT2D eigenvalue weighted by Crippen LogP contribution is 2.70. The van der Waals surface area contributed by atoms with E-state index in [2.05, 4.69) is 26.1 Å². The Morgan fingerprint density at radius 1 is 1.09 bits per heavy atom. The molecular formula is C19H25NO2. The van der Waals surface area contributed by atoms with Crippen LogP contribution in [-0.2, 0) is 9.59 Å². The summed E-state index contributed by atoms with van der Waals surface area (Å²) in [7, 11) is 0. The van der Waals surface area contributed by atoms with E-state index >= 15 is 0 Å². The lowest BCUT2D eigenvalue weighted by Gasteiger charge is -2.38. The molecule has 0 radical (unpaired) electrons. The summed E-state index contributed by atoms with van der Waals surface area (Å²) >= 11 is 0. The molecule has 2 aliphatic rings. The van der Waals surface area contributed by atoms with E-state index in [1.54, 1.807) is 0 Å². The molecule has 1 amide bonds. The molecule has 1 aromatic carbocycles. The van der Waals surface area contributed by atoms with Gasteiger partial charge in [0.15, 0.2) is 0 Å². The number of Topliss-reactive ketones (excluding diaryl/α,β-unsaturated/α-hetero) is 1. The molecule has 2 fully saturated rings. The fourth-order valence-electron chi connectivity index (χ4n) is 4.43. The Morgan fingerprint density at radius 2 is 1.77 bits per heavy atom. The fourth-order valence-corrected chi connectivity index (χ4v) is 4.43. The fraction of sp³-hybridized carbons (Fsp3) is 0.579. The van der Waals surface area contributed by atoms with Crippen LogP contribution in [0.5, 0.6) is 0 Å². The predicted octanol–water partition coefficient (Wildman–Crippen LogP) is 4.03. The summed E-state index contributed by atoms with van der Waals surface area (Å²) < 4.78 is 0. The first-order valence-corrected chi connectivity index (χ1v) is 8.06. The number of anilines is 1. The van der Waals surface area contributed by atoms with E-state index in [1.807, 2.05) is 32.0 Å². The average molecular weight is 299 g/mol. The number of hydrogen-bond donors (Lipinski definition) is 1. The standard InChI is InChI=1S/C19H25NO2/c1-12-6-7-14(10-13(12)2)20-16(22)19-9-8-18(5,15(21)11-19)17(19,3)4/h6-7,10H,8-9,11H2,1-5H3,(H,20,22)/t18-,19+/m1/s1. The molecule has 0 saturated heterocycles. The summed E-state index contributed by atoms with van der Waals surface area (Å²) in [5.41, 5.74) is 1.99. The van der Waals surface area contributed by atoms with Crippen LogP contribution in [0.1, 0.15) is 51.2 Å². The zero-order valence-electron chi connectivity index (χ0n) is 14.2. The molecule has 118 valence electrons. The maximum atomic E-state index is 13.0. The Balaban J connectivity index is 1.92. The van der Waals surface area contributed by atoms with Gasteiger partial charge in [-0.3, -0.25) is 9.59 Å². The molecule has 3 nitrogen and oxygen atoms in total. The Kier molecular flexibility index (Phi) is 3.08. The van der Waals surface area contributed by atoms with Crippen molar-refractivity contribution in [2.24, 2.45) is 16.2 Å². The molecule has 2 bridgehead atoms. The summed E-state index contributed by atoms with van der Waals surface area (Å²) in [4.78, 5) is 25.5. The van der Waals surface area contributed by atoms with Gasteiger partial charge in [-0.2, -0.15) is 0 Å². The van der Waals surface area contributed by atoms with Crippen molar-refractivity contribution >= 4 is 17.4 Å². The number of ketones is 1. The van der Waals surface area contributed by atoms with E-state index in [0.29, 0.717) is 6.42 Å². The number of rotatable bonds is 2. The lowest BCUT2D eigenvalue weighted by atomic mass is 9.64. The summed E-state index contributed by atoms with van der Waals surface area (Å²) in [5, 5.41) is 3.07. The molecule has 2 saturated carbocycles. The lowest BCUT2D eigenvalue weighted by Crippen LogP contribution is -2.43. The molecule has 0 spiro atoms. The monoisotopic (exact) mass is 299 g/mol. The SMILES string of the molecule is Cc1ccc(NC(=O)[C@]23CC[C@](C)(C(=O)C2)C3(C)C)cc1C. The number of carbonyl (C=O) groups excluding carboxylic acids is 2. The van der Waals surface area contributed by atoms with E-state index in [-0.39, 0.29) is 22.5 Å². The van der Waals surface area contributed by atoms with Crippen LogP contribution in [-0.4, -0.2) is 11.7 Å². The van der Waals surface area contributed by atoms with Crippen LogP contribution >= 0.6 is 0 Å². The van der Waals surface area contributed by atoms with Crippen LogP contribution < -0.4 is 5.32 Å². The Morgan fingerprint density at radius 3 is 2.27 bits per heavy atom. The molecule has 0 unspecified atom stereocenters. The van der Waals surface area contributed by atoms with Gasteiger partial charge in [0.05, 0.1) is 5.41 Å². The van der Waals surface area contributed by atoms with Crippen molar-refractivity contribution in [3.8, 4) is 0 Å². The highest BCUT2D eigenvalue weighted by molar-refractivity contribution is 6.04. The number of hydrogen-bond acceptors (Lipinski definition) is 2. The van der Waals surface area contributed by atoms with E-state index in [1.165, 1.54) is 5.56 Å². The summed E-state index contributed by atoms with van der Waals surface area (Å²) in [6.07, 6.45) is 2.01. The number of nitrogens with one attached hydrogen (secondary N) is 1. The first kappa shape index (κ1) is 15.3. The Labute approximate surface area is 132 Å². The minimum Gasteiger partial charge on any atom is -0.326 e. The van der Waals surface area contributed by atoms with Gasteiger partial charge in [-0.1, -0.05) is 26.8 Å². The number of benzene rings is 1. The normalized spacial score (nSPS) is 32.3. The van der Waals surface area contributed by atoms with Crippen molar-refractivity contribution in [1.29, 1.82) is 0 Å². The lowest BCUT2D eigenvalue weighted by molar-refractivity contribution is -0.131. The summed E-state index contributed by atoms with van der Waals surface area (Å²) in [6, 6.07) is 5.96. The smallest absolute Gasteiger partial charge is 0.231 e. The van der Waals surface area contributed by atoms with Crippen molar-refractivity contribution in [2.75, 3.05) is 5.32 Å². The van der Waals surface area contributed by atoms with Crippen LogP contribution in [0.2, 0.25) is 0 Å². The highest BCUT2D eigenvalue weighted by Gasteiger charge is 2.72. The number of amides is 1. The van der Waals surface area contributed by atoms with Gasteiger partial charge in [0.2, 0.25) is 5.91 Å². The van der Waals surface area contributed by atoms with Gasteiger partial charge in [0.25, 0.3) is 0 Å². The molecule has 0 aromatic heterocycles. The molecule has 0 aliphatic heterocycles. The largest absolute Gasteiger partial charge is 0.326 e. The van der Waals surface area contributed by atoms with Crippen LogP contribution in [0.15, 0.2) is 18.2 Å². The molecule has 22 heavy (non-hydrogen) atoms. The highest BCUT2D eigenvalue weighted by atomic mass is 16.2. The third kappa shape index (κ3) is 1.68. The quantitative estimate of drug-likeness (QED) is 0.896. The number of carbonyl (C=O) groups is 2. The van der Waals surface area contributed by atoms with Crippen LogP contribution in [0.4, 0.5) is 5.69 Å². The van der Waals surface area contributed by atoms with Crippen molar-refractivity contribution in [3.63, 3.8) is 0 Å². The zero-order valence-corrected chi connectivity index (χ0v) is 14.2. The molecule has 1 aromatic rings. The maximum absolute atomic E-state index is 13.0. The number of aryl methyl sites for hydroxylation is 2. The second-order valence-electron chi connectivity index (χ2n) is 7.89. The summed E-state index contributed by atoms with van der Waals surface area (Å²) in [5.74, 6) is 0.259. The Hall–Kier alpha value is -1.64. The zero-order chi connectivity index (χ0) is 16.3. The van der Waals surface area contributed by atoms with Crippen molar-refractivity contribution in [1.82, 2.24) is 0 Å². The van der Waals surface area contributed by atoms with Gasteiger partial charge in [0.1, 0.15) is 5.78 Å². The third-order valence-corrected chi connectivity index (χ3v) is 6.90. The van der Waals surface area contributed by atoms with Crippen molar-refractivity contribution < 1.29 is 9.59 Å². The molecule has 3 rings (SSSR count). The van der Waals surface area contributed by atoms with Crippen molar-refractivity contribution in [2.45, 2.75) is 53.9 Å². The van der Waals surface area contributed by atoms with Crippen LogP contribution in [0.3, 0.4) is 0 Å². The first-order chi connectivity index (χ1) is 10.1. The minimum atomic E-state index is -0.558. The van der Waals surface area contributed by atoms with E-state index in [4.69, 9.17) is 0 Å². The molecule has 3 heteroatoms. The van der Waals surface area contributed by atoms with Gasteiger partial charge in [-0.05, 0) is 55.4 Å². The minimum absolute atomic E-state index is 0.00956. The van der Waals surface area contributed by atoms with Crippen LogP contribution in [0, 0.1) is 30.1 Å². The van der Waals surface area contributed by atoms with E-state index < -0.39 is 5.41 Å². The molecule has 2 atom stereocenters. The second kappa shape index (κ2) is 4.43. The van der Waals surface area contributed by atoms with E-state index in [9.17, 15) is 9.59 Å². The molecule has 0 heterocycles. The van der Waals surface area contributed by atoms with Crippen molar-refractivity contribution in [3.05, 3.63) is 29.3 Å². The summed E-state index contributed by atoms with van der Waals surface area (Å²) in [6.45, 7) is 10.3. The maximum Gasteiger partial charge on any atom is 0.231 e. The van der Waals surface area contributed by atoms with Gasteiger partial charge in [-0.25, -0.2) is 0 Å². The molecule has 1 N–H and O–H groups in total. The third-order valence-electron chi connectivity index (χ3n) is 6.90. The topological polar surface area (TPSA) is 46.2 Å².